The van der Waals surface area contributed by atoms with Crippen molar-refractivity contribution in [1.29, 1.82) is 0 Å². The standard InChI is InChI=1S/C17H24FN3/c1-3-10-21-15-11-13(18)6-7-14(15)20-16(21)17(4-2)8-5-9-19-12-17/h6-7,11,19H,3-5,8-10,12H2,1-2H3. The molecule has 1 unspecified atom stereocenters. The number of aromatic nitrogens is 2. The highest BCUT2D eigenvalue weighted by molar-refractivity contribution is 5.76. The maximum absolute atomic E-state index is 13.6. The van der Waals surface area contributed by atoms with E-state index in [1.165, 1.54) is 12.5 Å². The smallest absolute Gasteiger partial charge is 0.125 e. The third-order valence-corrected chi connectivity index (χ3v) is 4.78. The normalized spacial score (nSPS) is 22.8. The number of imidazole rings is 1. The Morgan fingerprint density at radius 2 is 2.24 bits per heavy atom. The summed E-state index contributed by atoms with van der Waals surface area (Å²) < 4.78 is 15.9. The van der Waals surface area contributed by atoms with E-state index in [4.69, 9.17) is 4.98 Å². The number of hydrogen-bond acceptors (Lipinski definition) is 2. The largest absolute Gasteiger partial charge is 0.327 e. The van der Waals surface area contributed by atoms with Crippen LogP contribution in [0.2, 0.25) is 0 Å². The second-order valence-electron chi connectivity index (χ2n) is 6.13. The molecule has 21 heavy (non-hydrogen) atoms. The molecule has 3 nitrogen and oxygen atoms in total. The fourth-order valence-corrected chi connectivity index (χ4v) is 3.57. The highest BCUT2D eigenvalue weighted by Gasteiger charge is 2.36. The number of halogens is 1. The zero-order valence-electron chi connectivity index (χ0n) is 13.0. The lowest BCUT2D eigenvalue weighted by atomic mass is 9.77. The van der Waals surface area contributed by atoms with E-state index in [9.17, 15) is 4.39 Å². The number of hydrogen-bond donors (Lipinski definition) is 1. The van der Waals surface area contributed by atoms with Crippen molar-refractivity contribution in [3.8, 4) is 0 Å². The van der Waals surface area contributed by atoms with Crippen LogP contribution >= 0.6 is 0 Å². The molecule has 0 bridgehead atoms. The summed E-state index contributed by atoms with van der Waals surface area (Å²) in [6.45, 7) is 7.36. The van der Waals surface area contributed by atoms with Crippen molar-refractivity contribution >= 4 is 11.0 Å². The molecular weight excluding hydrogens is 265 g/mol. The molecule has 0 amide bonds. The SMILES string of the molecule is CCCn1c(C2(CC)CCCNC2)nc2ccc(F)cc21. The van der Waals surface area contributed by atoms with Gasteiger partial charge in [-0.3, -0.25) is 0 Å². The quantitative estimate of drug-likeness (QED) is 0.931. The van der Waals surface area contributed by atoms with Gasteiger partial charge in [-0.2, -0.15) is 0 Å². The van der Waals surface area contributed by atoms with Crippen LogP contribution in [0.4, 0.5) is 4.39 Å². The number of fused-ring (bicyclic) bond motifs is 1. The summed E-state index contributed by atoms with van der Waals surface area (Å²) in [5.41, 5.74) is 1.94. The van der Waals surface area contributed by atoms with Gasteiger partial charge < -0.3 is 9.88 Å². The summed E-state index contributed by atoms with van der Waals surface area (Å²) in [4.78, 5) is 4.90. The number of benzene rings is 1. The lowest BCUT2D eigenvalue weighted by molar-refractivity contribution is 0.279. The van der Waals surface area contributed by atoms with E-state index in [0.717, 1.165) is 55.8 Å². The molecule has 4 heteroatoms. The lowest BCUT2D eigenvalue weighted by Crippen LogP contribution is -2.44. The molecule has 1 aliphatic heterocycles. The lowest BCUT2D eigenvalue weighted by Gasteiger charge is -2.36. The maximum Gasteiger partial charge on any atom is 0.125 e. The molecule has 0 radical (unpaired) electrons. The van der Waals surface area contributed by atoms with Crippen molar-refractivity contribution in [3.05, 3.63) is 29.8 Å². The van der Waals surface area contributed by atoms with E-state index in [-0.39, 0.29) is 11.2 Å². The molecule has 0 saturated carbocycles. The van der Waals surface area contributed by atoms with Crippen LogP contribution in [-0.2, 0) is 12.0 Å². The van der Waals surface area contributed by atoms with Crippen molar-refractivity contribution in [2.45, 2.75) is 51.5 Å². The molecule has 1 N–H and O–H groups in total. The van der Waals surface area contributed by atoms with Gasteiger partial charge in [-0.1, -0.05) is 13.8 Å². The Morgan fingerprint density at radius 3 is 2.90 bits per heavy atom. The molecule has 1 aromatic carbocycles. The first-order valence-corrected chi connectivity index (χ1v) is 8.07. The van der Waals surface area contributed by atoms with E-state index < -0.39 is 0 Å². The second-order valence-corrected chi connectivity index (χ2v) is 6.13. The monoisotopic (exact) mass is 289 g/mol. The van der Waals surface area contributed by atoms with Crippen LogP contribution in [0.5, 0.6) is 0 Å². The zero-order valence-corrected chi connectivity index (χ0v) is 13.0. The molecule has 2 heterocycles. The minimum absolute atomic E-state index is 0.0862. The van der Waals surface area contributed by atoms with Gasteiger partial charge in [0.1, 0.15) is 11.6 Å². The van der Waals surface area contributed by atoms with Crippen molar-refractivity contribution in [2.24, 2.45) is 0 Å². The molecule has 114 valence electrons. The van der Waals surface area contributed by atoms with Crippen molar-refractivity contribution in [2.75, 3.05) is 13.1 Å². The summed E-state index contributed by atoms with van der Waals surface area (Å²) in [7, 11) is 0. The van der Waals surface area contributed by atoms with Crippen LogP contribution in [0, 0.1) is 5.82 Å². The topological polar surface area (TPSA) is 29.9 Å². The third kappa shape index (κ3) is 2.46. The van der Waals surface area contributed by atoms with E-state index in [0.29, 0.717) is 0 Å². The van der Waals surface area contributed by atoms with Crippen LogP contribution < -0.4 is 5.32 Å². The van der Waals surface area contributed by atoms with Gasteiger partial charge in [0, 0.05) is 18.5 Å². The summed E-state index contributed by atoms with van der Waals surface area (Å²) in [5.74, 6) is 0.957. The van der Waals surface area contributed by atoms with Crippen LogP contribution in [-0.4, -0.2) is 22.6 Å². The third-order valence-electron chi connectivity index (χ3n) is 4.78. The highest BCUT2D eigenvalue weighted by atomic mass is 19.1. The Morgan fingerprint density at radius 1 is 1.38 bits per heavy atom. The van der Waals surface area contributed by atoms with Crippen molar-refractivity contribution in [3.63, 3.8) is 0 Å². The molecule has 1 aliphatic rings. The Labute approximate surface area is 125 Å². The summed E-state index contributed by atoms with van der Waals surface area (Å²) >= 11 is 0. The average molecular weight is 289 g/mol. The molecule has 2 aromatic rings. The minimum atomic E-state index is -0.182. The molecule has 1 atom stereocenters. The number of nitrogens with zero attached hydrogens (tertiary/aromatic N) is 2. The van der Waals surface area contributed by atoms with Crippen LogP contribution in [0.1, 0.15) is 45.4 Å². The van der Waals surface area contributed by atoms with E-state index in [2.05, 4.69) is 23.7 Å². The minimum Gasteiger partial charge on any atom is -0.327 e. The van der Waals surface area contributed by atoms with E-state index in [1.807, 2.05) is 0 Å². The van der Waals surface area contributed by atoms with E-state index >= 15 is 0 Å². The fraction of sp³-hybridized carbons (Fsp3) is 0.588. The Balaban J connectivity index is 2.18. The van der Waals surface area contributed by atoms with E-state index in [1.54, 1.807) is 12.1 Å². The number of piperidine rings is 1. The second kappa shape index (κ2) is 5.76. The molecule has 1 aromatic heterocycles. The van der Waals surface area contributed by atoms with Gasteiger partial charge in [0.2, 0.25) is 0 Å². The maximum atomic E-state index is 13.6. The van der Waals surface area contributed by atoms with Gasteiger partial charge in [0.05, 0.1) is 11.0 Å². The summed E-state index contributed by atoms with van der Waals surface area (Å²) in [5, 5.41) is 3.52. The first kappa shape index (κ1) is 14.5. The highest BCUT2D eigenvalue weighted by Crippen LogP contribution is 2.36. The Hall–Kier alpha value is -1.42. The molecule has 1 fully saturated rings. The predicted molar refractivity (Wildman–Crippen MR) is 84.1 cm³/mol. The van der Waals surface area contributed by atoms with Crippen LogP contribution in [0.3, 0.4) is 0 Å². The van der Waals surface area contributed by atoms with Gasteiger partial charge in [-0.05, 0) is 50.4 Å². The van der Waals surface area contributed by atoms with Crippen LogP contribution in [0.15, 0.2) is 18.2 Å². The Kier molecular flexibility index (Phi) is 3.98. The summed E-state index contributed by atoms with van der Waals surface area (Å²) in [6.07, 6.45) is 4.43. The first-order valence-electron chi connectivity index (χ1n) is 8.07. The summed E-state index contributed by atoms with van der Waals surface area (Å²) in [6, 6.07) is 4.94. The zero-order chi connectivity index (χ0) is 14.9. The van der Waals surface area contributed by atoms with Crippen LogP contribution in [0.25, 0.3) is 11.0 Å². The fourth-order valence-electron chi connectivity index (χ4n) is 3.57. The molecule has 0 aliphatic carbocycles. The molecular formula is C17H24FN3. The Bertz CT molecular complexity index is 626. The first-order chi connectivity index (χ1) is 10.2. The number of nitrogens with one attached hydrogen (secondary N) is 1. The van der Waals surface area contributed by atoms with Crippen molar-refractivity contribution in [1.82, 2.24) is 14.9 Å². The van der Waals surface area contributed by atoms with Gasteiger partial charge >= 0.3 is 0 Å². The number of aryl methyl sites for hydroxylation is 1. The number of rotatable bonds is 4. The van der Waals surface area contributed by atoms with Gasteiger partial charge in [0.15, 0.2) is 0 Å². The molecule has 0 spiro atoms. The van der Waals surface area contributed by atoms with Gasteiger partial charge in [0.25, 0.3) is 0 Å². The molecule has 3 rings (SSSR count). The van der Waals surface area contributed by atoms with Gasteiger partial charge in [-0.15, -0.1) is 0 Å². The predicted octanol–water partition coefficient (Wildman–Crippen LogP) is 3.62. The average Bonchev–Trinajstić information content (AvgIpc) is 2.87. The molecule has 1 saturated heterocycles. The van der Waals surface area contributed by atoms with Gasteiger partial charge in [-0.25, -0.2) is 9.37 Å². The van der Waals surface area contributed by atoms with Crippen molar-refractivity contribution < 1.29 is 4.39 Å².